The summed E-state index contributed by atoms with van der Waals surface area (Å²) in [5.74, 6) is -0.198. The van der Waals surface area contributed by atoms with E-state index in [0.717, 1.165) is 38.5 Å². The van der Waals surface area contributed by atoms with E-state index in [4.69, 9.17) is 9.05 Å². The summed E-state index contributed by atoms with van der Waals surface area (Å²) in [6, 6.07) is -0.887. The van der Waals surface area contributed by atoms with Gasteiger partial charge in [-0.25, -0.2) is 0 Å². The molecule has 0 saturated heterocycles. The molecule has 9 heteroatoms. The molecule has 0 aromatic heterocycles. The zero-order chi connectivity index (χ0) is 48.5. The predicted molar refractivity (Wildman–Crippen MR) is 284 cm³/mol. The smallest absolute Gasteiger partial charge is 0.268 e. The van der Waals surface area contributed by atoms with Gasteiger partial charge in [-0.2, -0.15) is 0 Å². The summed E-state index contributed by atoms with van der Waals surface area (Å²) < 4.78 is 23.4. The van der Waals surface area contributed by atoms with Gasteiger partial charge in [-0.1, -0.05) is 256 Å². The first-order valence-corrected chi connectivity index (χ1v) is 30.2. The van der Waals surface area contributed by atoms with Crippen LogP contribution in [0.4, 0.5) is 0 Å². The predicted octanol–water partition coefficient (Wildman–Crippen LogP) is 16.6. The molecule has 1 amide bonds. The van der Waals surface area contributed by atoms with Crippen molar-refractivity contribution in [2.75, 3.05) is 40.9 Å². The van der Waals surface area contributed by atoms with E-state index in [-0.39, 0.29) is 19.1 Å². The average molecular weight is 954 g/mol. The Morgan fingerprint density at radius 2 is 0.833 bits per heavy atom. The van der Waals surface area contributed by atoms with Crippen LogP contribution in [0.25, 0.3) is 0 Å². The minimum absolute atomic E-state index is 0.000207. The van der Waals surface area contributed by atoms with Crippen LogP contribution in [0.1, 0.15) is 284 Å². The van der Waals surface area contributed by atoms with E-state index in [1.165, 1.54) is 225 Å². The monoisotopic (exact) mass is 953 g/mol. The molecular formula is C57H113N2O6P. The fourth-order valence-electron chi connectivity index (χ4n) is 8.62. The Hall–Kier alpha value is -1.02. The number of carbonyl (C=O) groups is 1. The van der Waals surface area contributed by atoms with Crippen molar-refractivity contribution in [3.8, 4) is 0 Å². The van der Waals surface area contributed by atoms with Gasteiger partial charge in [0.25, 0.3) is 7.82 Å². The van der Waals surface area contributed by atoms with Crippen molar-refractivity contribution in [3.05, 3.63) is 24.3 Å². The topological polar surface area (TPSA) is 108 Å². The number of allylic oxidation sites excluding steroid dienone is 3. The molecule has 0 fully saturated rings. The molecule has 0 aliphatic rings. The lowest BCUT2D eigenvalue weighted by Gasteiger charge is -2.29. The molecule has 0 heterocycles. The first kappa shape index (κ1) is 65.0. The van der Waals surface area contributed by atoms with Gasteiger partial charge in [0.15, 0.2) is 0 Å². The van der Waals surface area contributed by atoms with Crippen LogP contribution >= 0.6 is 7.82 Å². The van der Waals surface area contributed by atoms with Gasteiger partial charge in [0.1, 0.15) is 13.2 Å². The van der Waals surface area contributed by atoms with Gasteiger partial charge in [-0.3, -0.25) is 9.36 Å². The molecule has 3 unspecified atom stereocenters. The van der Waals surface area contributed by atoms with Crippen LogP contribution in [-0.2, 0) is 18.4 Å². The Kier molecular flexibility index (Phi) is 48.2. The highest BCUT2D eigenvalue weighted by Crippen LogP contribution is 2.38. The largest absolute Gasteiger partial charge is 0.756 e. The molecule has 66 heavy (non-hydrogen) atoms. The highest BCUT2D eigenvalue weighted by molar-refractivity contribution is 7.45. The summed E-state index contributed by atoms with van der Waals surface area (Å²) in [6.45, 7) is 4.69. The maximum atomic E-state index is 13.0. The highest BCUT2D eigenvalue weighted by Gasteiger charge is 2.23. The highest BCUT2D eigenvalue weighted by atomic mass is 31.2. The zero-order valence-corrected chi connectivity index (χ0v) is 45.6. The minimum atomic E-state index is -4.60. The Bertz CT molecular complexity index is 1130. The Morgan fingerprint density at radius 3 is 1.18 bits per heavy atom. The van der Waals surface area contributed by atoms with Crippen LogP contribution in [0.2, 0.25) is 0 Å². The second-order valence-electron chi connectivity index (χ2n) is 21.0. The first-order chi connectivity index (χ1) is 32.0. The van der Waals surface area contributed by atoms with Gasteiger partial charge in [0.2, 0.25) is 5.91 Å². The van der Waals surface area contributed by atoms with Crippen molar-refractivity contribution in [2.45, 2.75) is 296 Å². The normalized spacial score (nSPS) is 14.1. The molecule has 0 rings (SSSR count). The van der Waals surface area contributed by atoms with Crippen LogP contribution in [0, 0.1) is 0 Å². The van der Waals surface area contributed by atoms with E-state index in [9.17, 15) is 19.4 Å². The maximum absolute atomic E-state index is 13.0. The number of amides is 1. The number of likely N-dealkylation sites (N-methyl/N-ethyl adjacent to an activating group) is 1. The summed E-state index contributed by atoms with van der Waals surface area (Å²) in [4.78, 5) is 25.5. The second kappa shape index (κ2) is 49.0. The zero-order valence-electron chi connectivity index (χ0n) is 44.7. The molecular weight excluding hydrogens is 840 g/mol. The number of aliphatic hydroxyl groups excluding tert-OH is 1. The van der Waals surface area contributed by atoms with E-state index in [1.54, 1.807) is 6.08 Å². The fourth-order valence-corrected chi connectivity index (χ4v) is 9.34. The van der Waals surface area contributed by atoms with Gasteiger partial charge in [-0.05, 0) is 44.9 Å². The van der Waals surface area contributed by atoms with Gasteiger partial charge in [0, 0.05) is 6.42 Å². The maximum Gasteiger partial charge on any atom is 0.268 e. The number of hydrogen-bond acceptors (Lipinski definition) is 6. The van der Waals surface area contributed by atoms with Crippen molar-refractivity contribution >= 4 is 13.7 Å². The summed E-state index contributed by atoms with van der Waals surface area (Å²) in [5.41, 5.74) is 0. The standard InChI is InChI=1S/C57H113N2O6P/c1-6-8-10-12-14-16-18-20-22-24-26-28-29-31-32-34-36-38-40-42-44-46-48-50-56(60)55(54-65-66(62,63)64-53-52-59(3,4)5)58-57(61)51-49-47-45-43-41-39-37-35-33-30-27-25-23-21-19-17-15-13-11-9-7-2/h30,33,48,50,55-56,60H,6-29,31-32,34-47,49,51-54H2,1-5H3,(H-,58,61,62,63)/b33-30-,50-48+. The van der Waals surface area contributed by atoms with Crippen LogP contribution in [0.3, 0.4) is 0 Å². The number of hydrogen-bond donors (Lipinski definition) is 2. The number of nitrogens with one attached hydrogen (secondary N) is 1. The second-order valence-corrected chi connectivity index (χ2v) is 22.4. The minimum Gasteiger partial charge on any atom is -0.756 e. The number of phosphoric ester groups is 1. The molecule has 2 N–H and O–H groups in total. The van der Waals surface area contributed by atoms with Crippen molar-refractivity contribution in [1.29, 1.82) is 0 Å². The Balaban J connectivity index is 4.22. The molecule has 0 radical (unpaired) electrons. The summed E-state index contributed by atoms with van der Waals surface area (Å²) in [5, 5.41) is 13.9. The van der Waals surface area contributed by atoms with E-state index in [2.05, 4.69) is 31.3 Å². The van der Waals surface area contributed by atoms with Crippen LogP contribution < -0.4 is 10.2 Å². The molecule has 0 aliphatic heterocycles. The van der Waals surface area contributed by atoms with E-state index in [0.29, 0.717) is 17.4 Å². The molecule has 0 aromatic carbocycles. The van der Waals surface area contributed by atoms with E-state index >= 15 is 0 Å². The lowest BCUT2D eigenvalue weighted by molar-refractivity contribution is -0.870. The third kappa shape index (κ3) is 50.8. The summed E-state index contributed by atoms with van der Waals surface area (Å²) in [7, 11) is 1.27. The molecule has 392 valence electrons. The van der Waals surface area contributed by atoms with Gasteiger partial charge >= 0.3 is 0 Å². The molecule has 0 spiro atoms. The van der Waals surface area contributed by atoms with Gasteiger partial charge in [0.05, 0.1) is 39.9 Å². The van der Waals surface area contributed by atoms with Gasteiger partial charge in [-0.15, -0.1) is 0 Å². The van der Waals surface area contributed by atoms with Crippen molar-refractivity contribution in [1.82, 2.24) is 5.32 Å². The van der Waals surface area contributed by atoms with Crippen LogP contribution in [0.15, 0.2) is 24.3 Å². The fraction of sp³-hybridized carbons (Fsp3) is 0.912. The quantitative estimate of drug-likeness (QED) is 0.0272. The Morgan fingerprint density at radius 1 is 0.515 bits per heavy atom. The average Bonchev–Trinajstić information content (AvgIpc) is 3.28. The summed E-state index contributed by atoms with van der Waals surface area (Å²) >= 11 is 0. The van der Waals surface area contributed by atoms with Crippen molar-refractivity contribution < 1.29 is 32.9 Å². The number of unbranched alkanes of at least 4 members (excludes halogenated alkanes) is 38. The summed E-state index contributed by atoms with van der Waals surface area (Å²) in [6.07, 6.45) is 61.0. The number of rotatable bonds is 53. The number of carbonyl (C=O) groups excluding carboxylic acids is 1. The van der Waals surface area contributed by atoms with Crippen LogP contribution in [-0.4, -0.2) is 68.5 Å². The molecule has 0 aromatic rings. The molecule has 3 atom stereocenters. The third-order valence-corrected chi connectivity index (χ3v) is 14.1. The van der Waals surface area contributed by atoms with Gasteiger partial charge < -0.3 is 28.8 Å². The van der Waals surface area contributed by atoms with Crippen LogP contribution in [0.5, 0.6) is 0 Å². The number of phosphoric acid groups is 1. The molecule has 8 nitrogen and oxygen atoms in total. The Labute approximate surface area is 411 Å². The molecule has 0 aliphatic carbocycles. The number of aliphatic hydroxyl groups is 1. The first-order valence-electron chi connectivity index (χ1n) is 28.7. The van der Waals surface area contributed by atoms with Crippen molar-refractivity contribution in [2.24, 2.45) is 0 Å². The lowest BCUT2D eigenvalue weighted by atomic mass is 10.0. The molecule has 0 saturated carbocycles. The third-order valence-electron chi connectivity index (χ3n) is 13.2. The van der Waals surface area contributed by atoms with E-state index in [1.807, 2.05) is 27.2 Å². The van der Waals surface area contributed by atoms with Crippen molar-refractivity contribution in [3.63, 3.8) is 0 Å². The SMILES string of the molecule is CCCCCCCCCCCC/C=C\CCCCCCCCCC(=O)NC(COP(=O)([O-])OCC[N+](C)(C)C)C(O)/C=C/CCCCCCCCCCCCCCCCCCCCCCC. The molecule has 0 bridgehead atoms. The lowest BCUT2D eigenvalue weighted by Crippen LogP contribution is -2.45. The van der Waals surface area contributed by atoms with E-state index < -0.39 is 20.0 Å². The number of nitrogens with zero attached hydrogens (tertiary/aromatic N) is 1. The number of quaternary nitrogens is 1.